The van der Waals surface area contributed by atoms with E-state index in [0.717, 1.165) is 31.4 Å². The predicted octanol–water partition coefficient (Wildman–Crippen LogP) is 2.30. The molecule has 1 aliphatic heterocycles. The number of rotatable bonds is 4. The van der Waals surface area contributed by atoms with Gasteiger partial charge in [0.25, 0.3) is 0 Å². The Morgan fingerprint density at radius 3 is 2.40 bits per heavy atom. The van der Waals surface area contributed by atoms with Gasteiger partial charge in [0, 0.05) is 6.04 Å². The first-order chi connectivity index (χ1) is 9.71. The minimum Gasteiger partial charge on any atom is -0.493 e. The summed E-state index contributed by atoms with van der Waals surface area (Å²) >= 11 is 0. The number of esters is 1. The number of piperidine rings is 1. The SMILES string of the molecule is COC(=O)c1cc(OC)c(OC)cc1[C@@H]1CCCCN1. The summed E-state index contributed by atoms with van der Waals surface area (Å²) in [5.41, 5.74) is 1.44. The molecule has 1 fully saturated rings. The quantitative estimate of drug-likeness (QED) is 0.857. The number of nitrogens with one attached hydrogen (secondary N) is 1. The van der Waals surface area contributed by atoms with Gasteiger partial charge in [0.2, 0.25) is 0 Å². The molecule has 1 aromatic rings. The van der Waals surface area contributed by atoms with Crippen LogP contribution in [0, 0.1) is 0 Å². The fourth-order valence-corrected chi connectivity index (χ4v) is 2.59. The molecular formula is C15H21NO4. The van der Waals surface area contributed by atoms with Crippen molar-refractivity contribution in [2.75, 3.05) is 27.9 Å². The maximum absolute atomic E-state index is 12.0. The van der Waals surface area contributed by atoms with Gasteiger partial charge in [0.15, 0.2) is 11.5 Å². The Balaban J connectivity index is 2.47. The maximum atomic E-state index is 12.0. The van der Waals surface area contributed by atoms with Crippen LogP contribution < -0.4 is 14.8 Å². The summed E-state index contributed by atoms with van der Waals surface area (Å²) in [6.07, 6.45) is 3.31. The van der Waals surface area contributed by atoms with Crippen LogP contribution in [-0.2, 0) is 4.74 Å². The second-order valence-electron chi connectivity index (χ2n) is 4.79. The third-order valence-corrected chi connectivity index (χ3v) is 3.65. The number of ether oxygens (including phenoxy) is 3. The third-order valence-electron chi connectivity index (χ3n) is 3.65. The highest BCUT2D eigenvalue weighted by atomic mass is 16.5. The van der Waals surface area contributed by atoms with Crippen molar-refractivity contribution in [1.29, 1.82) is 0 Å². The van der Waals surface area contributed by atoms with Crippen molar-refractivity contribution in [2.45, 2.75) is 25.3 Å². The molecule has 1 saturated heterocycles. The standard InChI is InChI=1S/C15H21NO4/c1-18-13-8-10(12-6-4-5-7-16-12)11(15(17)20-3)9-14(13)19-2/h8-9,12,16H,4-7H2,1-3H3/t12-/m0/s1. The van der Waals surface area contributed by atoms with E-state index in [1.807, 2.05) is 6.07 Å². The van der Waals surface area contributed by atoms with E-state index >= 15 is 0 Å². The van der Waals surface area contributed by atoms with Crippen LogP contribution in [0.4, 0.5) is 0 Å². The van der Waals surface area contributed by atoms with Crippen molar-refractivity contribution < 1.29 is 19.0 Å². The number of hydrogen-bond acceptors (Lipinski definition) is 5. The smallest absolute Gasteiger partial charge is 0.338 e. The number of carbonyl (C=O) groups is 1. The minimum atomic E-state index is -0.353. The van der Waals surface area contributed by atoms with E-state index in [1.165, 1.54) is 7.11 Å². The molecule has 1 aromatic carbocycles. The fraction of sp³-hybridized carbons (Fsp3) is 0.533. The number of hydrogen-bond donors (Lipinski definition) is 1. The van der Waals surface area contributed by atoms with E-state index in [2.05, 4.69) is 5.32 Å². The van der Waals surface area contributed by atoms with Gasteiger partial charge in [-0.1, -0.05) is 6.42 Å². The van der Waals surface area contributed by atoms with Gasteiger partial charge in [-0.05, 0) is 37.1 Å². The molecule has 0 aliphatic carbocycles. The van der Waals surface area contributed by atoms with Crippen molar-refractivity contribution in [3.63, 3.8) is 0 Å². The van der Waals surface area contributed by atoms with Crippen LogP contribution in [0.25, 0.3) is 0 Å². The highest BCUT2D eigenvalue weighted by Gasteiger charge is 2.24. The molecule has 1 N–H and O–H groups in total. The highest BCUT2D eigenvalue weighted by Crippen LogP contribution is 2.35. The Bertz CT molecular complexity index is 481. The second kappa shape index (κ2) is 6.61. The van der Waals surface area contributed by atoms with Crippen molar-refractivity contribution in [1.82, 2.24) is 5.32 Å². The van der Waals surface area contributed by atoms with E-state index in [0.29, 0.717) is 17.1 Å². The number of methoxy groups -OCH3 is 3. The molecule has 0 unspecified atom stereocenters. The molecule has 0 saturated carbocycles. The number of benzene rings is 1. The molecule has 0 bridgehead atoms. The Hall–Kier alpha value is -1.75. The summed E-state index contributed by atoms with van der Waals surface area (Å²) < 4.78 is 15.5. The van der Waals surface area contributed by atoms with E-state index in [-0.39, 0.29) is 12.0 Å². The predicted molar refractivity (Wildman–Crippen MR) is 75.5 cm³/mol. The first-order valence-corrected chi connectivity index (χ1v) is 6.79. The van der Waals surface area contributed by atoms with Gasteiger partial charge in [-0.15, -0.1) is 0 Å². The van der Waals surface area contributed by atoms with Crippen LogP contribution in [0.3, 0.4) is 0 Å². The molecule has 5 nitrogen and oxygen atoms in total. The van der Waals surface area contributed by atoms with E-state index < -0.39 is 0 Å². The summed E-state index contributed by atoms with van der Waals surface area (Å²) in [4.78, 5) is 12.0. The zero-order valence-electron chi connectivity index (χ0n) is 12.2. The number of carbonyl (C=O) groups excluding carboxylic acids is 1. The molecule has 2 rings (SSSR count). The molecule has 0 aromatic heterocycles. The second-order valence-corrected chi connectivity index (χ2v) is 4.79. The first-order valence-electron chi connectivity index (χ1n) is 6.79. The summed E-state index contributed by atoms with van der Waals surface area (Å²) in [7, 11) is 4.53. The average Bonchev–Trinajstić information content (AvgIpc) is 2.53. The van der Waals surface area contributed by atoms with Crippen molar-refractivity contribution in [3.05, 3.63) is 23.3 Å². The summed E-state index contributed by atoms with van der Waals surface area (Å²) in [5.74, 6) is 0.809. The van der Waals surface area contributed by atoms with Gasteiger partial charge in [0.1, 0.15) is 0 Å². The molecular weight excluding hydrogens is 258 g/mol. The maximum Gasteiger partial charge on any atom is 0.338 e. The summed E-state index contributed by atoms with van der Waals surface area (Å²) in [5, 5.41) is 3.44. The lowest BCUT2D eigenvalue weighted by Crippen LogP contribution is -2.28. The van der Waals surface area contributed by atoms with Crippen LogP contribution in [0.2, 0.25) is 0 Å². The monoisotopic (exact) mass is 279 g/mol. The van der Waals surface area contributed by atoms with Crippen molar-refractivity contribution >= 4 is 5.97 Å². The van der Waals surface area contributed by atoms with Crippen molar-refractivity contribution in [3.8, 4) is 11.5 Å². The van der Waals surface area contributed by atoms with Crippen LogP contribution in [0.1, 0.15) is 41.2 Å². The minimum absolute atomic E-state index is 0.151. The summed E-state index contributed by atoms with van der Waals surface area (Å²) in [6, 6.07) is 3.71. The lowest BCUT2D eigenvalue weighted by Gasteiger charge is -2.26. The normalized spacial score (nSPS) is 18.4. The topological polar surface area (TPSA) is 56.8 Å². The molecule has 20 heavy (non-hydrogen) atoms. The Kier molecular flexibility index (Phi) is 4.84. The molecule has 0 spiro atoms. The zero-order chi connectivity index (χ0) is 14.5. The Morgan fingerprint density at radius 2 is 1.85 bits per heavy atom. The molecule has 110 valence electrons. The molecule has 1 heterocycles. The molecule has 1 atom stereocenters. The molecule has 0 radical (unpaired) electrons. The van der Waals surface area contributed by atoms with Crippen LogP contribution >= 0.6 is 0 Å². The van der Waals surface area contributed by atoms with Gasteiger partial charge < -0.3 is 19.5 Å². The van der Waals surface area contributed by atoms with Crippen LogP contribution in [0.5, 0.6) is 11.5 Å². The fourth-order valence-electron chi connectivity index (χ4n) is 2.59. The third kappa shape index (κ3) is 2.88. The van der Waals surface area contributed by atoms with Gasteiger partial charge in [-0.25, -0.2) is 4.79 Å². The molecule has 5 heteroatoms. The highest BCUT2D eigenvalue weighted by molar-refractivity contribution is 5.92. The van der Waals surface area contributed by atoms with Crippen LogP contribution in [0.15, 0.2) is 12.1 Å². The van der Waals surface area contributed by atoms with Gasteiger partial charge >= 0.3 is 5.97 Å². The Morgan fingerprint density at radius 1 is 1.15 bits per heavy atom. The van der Waals surface area contributed by atoms with Crippen LogP contribution in [-0.4, -0.2) is 33.8 Å². The first kappa shape index (κ1) is 14.7. The lowest BCUT2D eigenvalue weighted by molar-refractivity contribution is 0.0597. The zero-order valence-corrected chi connectivity index (χ0v) is 12.2. The molecule has 0 amide bonds. The van der Waals surface area contributed by atoms with E-state index in [1.54, 1.807) is 20.3 Å². The van der Waals surface area contributed by atoms with Gasteiger partial charge in [-0.2, -0.15) is 0 Å². The average molecular weight is 279 g/mol. The largest absolute Gasteiger partial charge is 0.493 e. The molecule has 1 aliphatic rings. The lowest BCUT2D eigenvalue weighted by atomic mass is 9.93. The summed E-state index contributed by atoms with van der Waals surface area (Å²) in [6.45, 7) is 0.958. The van der Waals surface area contributed by atoms with Gasteiger partial charge in [0.05, 0.1) is 26.9 Å². The Labute approximate surface area is 119 Å². The van der Waals surface area contributed by atoms with E-state index in [4.69, 9.17) is 14.2 Å². The van der Waals surface area contributed by atoms with E-state index in [9.17, 15) is 4.79 Å². The van der Waals surface area contributed by atoms with Crippen molar-refractivity contribution in [2.24, 2.45) is 0 Å². The van der Waals surface area contributed by atoms with Gasteiger partial charge in [-0.3, -0.25) is 0 Å².